The minimum atomic E-state index is -3.63. The number of hydrogen-bond acceptors (Lipinski definition) is 9. The molecule has 0 radical (unpaired) electrons. The van der Waals surface area contributed by atoms with Crippen LogP contribution in [0.4, 0.5) is 0 Å². The standard InChI is InChI=1S/2K.2Li.2Na.3O3Si/c;;;;;;3*1-4(2)3/q6*+1;3*-2. The third-order valence-electron chi connectivity index (χ3n) is 0. The van der Waals surface area contributed by atoms with E-state index in [0.29, 0.717) is 0 Å². The monoisotopic (exact) mass is 366 g/mol. The van der Waals surface area contributed by atoms with Gasteiger partial charge in [0, 0.05) is 27.5 Å². The van der Waals surface area contributed by atoms with Crippen LogP contribution in [0.3, 0.4) is 0 Å². The van der Waals surface area contributed by atoms with Gasteiger partial charge < -0.3 is 42.2 Å². The first-order chi connectivity index (χ1) is 5.20. The fourth-order valence-electron chi connectivity index (χ4n) is 0. The van der Waals surface area contributed by atoms with Crippen molar-refractivity contribution in [1.29, 1.82) is 0 Å². The summed E-state index contributed by atoms with van der Waals surface area (Å²) in [6.45, 7) is 0. The van der Waals surface area contributed by atoms with Crippen LogP contribution < -0.4 is 228 Å². The molecule has 0 aliphatic carbocycles. The van der Waals surface area contributed by atoms with Crippen LogP contribution in [0.5, 0.6) is 0 Å². The van der Waals surface area contributed by atoms with Crippen LogP contribution in [-0.2, 0) is 13.4 Å². The maximum absolute atomic E-state index is 8.52. The molecule has 18 heavy (non-hydrogen) atoms. The zero-order valence-electron chi connectivity index (χ0n) is 11.2. The Kier molecular flexibility index (Phi) is 156. The topological polar surface area (TPSA) is 190 Å². The second-order valence-electron chi connectivity index (χ2n) is 0.750. The summed E-state index contributed by atoms with van der Waals surface area (Å²) in [5.74, 6) is 0. The summed E-state index contributed by atoms with van der Waals surface area (Å²) in [6.07, 6.45) is 0. The van der Waals surface area contributed by atoms with E-state index in [2.05, 4.69) is 0 Å². The molecule has 0 spiro atoms. The van der Waals surface area contributed by atoms with Gasteiger partial charge >= 0.3 is 200 Å². The molecule has 0 amide bonds. The van der Waals surface area contributed by atoms with Crippen LogP contribution in [0.2, 0.25) is 0 Å². The summed E-state index contributed by atoms with van der Waals surface area (Å²) >= 11 is 0. The minimum absolute atomic E-state index is 0. The van der Waals surface area contributed by atoms with Crippen molar-refractivity contribution in [2.75, 3.05) is 0 Å². The molecule has 0 N–H and O–H groups in total. The van der Waals surface area contributed by atoms with E-state index < -0.39 is 27.5 Å². The fraction of sp³-hybridized carbons (Fsp3) is 0. The molecule has 0 fully saturated rings. The van der Waals surface area contributed by atoms with Crippen LogP contribution in [0.1, 0.15) is 0 Å². The molecule has 0 aliphatic heterocycles. The first-order valence-corrected chi connectivity index (χ1v) is 5.51. The average Bonchev–Trinajstić information content (AvgIpc) is 1.54. The zero-order chi connectivity index (χ0) is 10.7. The molecule has 72 valence electrons. The van der Waals surface area contributed by atoms with E-state index in [1.807, 2.05) is 0 Å². The normalized spacial score (nSPS) is 4.00. The predicted molar refractivity (Wildman–Crippen MR) is 19.3 cm³/mol. The Labute approximate surface area is 262 Å². The van der Waals surface area contributed by atoms with Crippen molar-refractivity contribution < 1.29 is 242 Å². The van der Waals surface area contributed by atoms with Crippen molar-refractivity contribution >= 4 is 27.5 Å². The van der Waals surface area contributed by atoms with Gasteiger partial charge in [0.25, 0.3) is 0 Å². The number of hydrogen-bond donors (Lipinski definition) is 0. The quantitative estimate of drug-likeness (QED) is 0.374. The van der Waals surface area contributed by atoms with Crippen molar-refractivity contribution in [3.05, 3.63) is 0 Å². The van der Waals surface area contributed by atoms with Crippen LogP contribution in [-0.4, -0.2) is 27.5 Å². The van der Waals surface area contributed by atoms with Gasteiger partial charge in [0.1, 0.15) is 0 Å². The number of rotatable bonds is 0. The van der Waals surface area contributed by atoms with Gasteiger partial charge in [-0.1, -0.05) is 0 Å². The molecule has 0 bridgehead atoms. The molecule has 0 aromatic heterocycles. The minimum Gasteiger partial charge on any atom is -0.672 e. The van der Waals surface area contributed by atoms with E-state index in [1.54, 1.807) is 0 Å². The second-order valence-corrected chi connectivity index (χ2v) is 2.25. The van der Waals surface area contributed by atoms with Crippen molar-refractivity contribution in [3.63, 3.8) is 0 Å². The summed E-state index contributed by atoms with van der Waals surface area (Å²) in [4.78, 5) is 51.1. The Hall–Kier alpha value is 5.32. The van der Waals surface area contributed by atoms with Gasteiger partial charge in [-0.05, 0) is 0 Å². The first-order valence-electron chi connectivity index (χ1n) is 1.84. The van der Waals surface area contributed by atoms with Crippen molar-refractivity contribution in [2.45, 2.75) is 0 Å². The molecule has 0 rings (SSSR count). The predicted octanol–water partition coefficient (Wildman–Crippen LogP) is -26.6. The van der Waals surface area contributed by atoms with Crippen molar-refractivity contribution in [1.82, 2.24) is 0 Å². The summed E-state index contributed by atoms with van der Waals surface area (Å²) in [5.41, 5.74) is 0. The zero-order valence-corrected chi connectivity index (χ0v) is 24.4. The van der Waals surface area contributed by atoms with E-state index >= 15 is 0 Å². The molecule has 0 saturated carbocycles. The molecule has 0 aromatic carbocycles. The smallest absolute Gasteiger partial charge is 0.672 e. The molecule has 9 nitrogen and oxygen atoms in total. The average molecular weight is 366 g/mol. The Morgan fingerprint density at radius 1 is 0.500 bits per heavy atom. The maximum atomic E-state index is 8.52. The Bertz CT molecular complexity index is 133. The van der Waals surface area contributed by atoms with Crippen molar-refractivity contribution in [3.8, 4) is 0 Å². The van der Waals surface area contributed by atoms with Gasteiger partial charge in [0.15, 0.2) is 0 Å². The summed E-state index contributed by atoms with van der Waals surface area (Å²) in [7, 11) is -10.9. The van der Waals surface area contributed by atoms with Gasteiger partial charge in [-0.3, -0.25) is 0 Å². The maximum Gasteiger partial charge on any atom is 1.00 e. The summed E-state index contributed by atoms with van der Waals surface area (Å²) < 4.78 is 25.6. The Morgan fingerprint density at radius 3 is 0.500 bits per heavy atom. The summed E-state index contributed by atoms with van der Waals surface area (Å²) in [6, 6.07) is 0. The van der Waals surface area contributed by atoms with Crippen LogP contribution in [0.15, 0.2) is 0 Å². The van der Waals surface area contributed by atoms with Gasteiger partial charge in [0.2, 0.25) is 0 Å². The molecule has 0 heterocycles. The van der Waals surface area contributed by atoms with E-state index in [4.69, 9.17) is 42.2 Å². The van der Waals surface area contributed by atoms with E-state index in [9.17, 15) is 0 Å². The fourth-order valence-corrected chi connectivity index (χ4v) is 0. The van der Waals surface area contributed by atoms with E-state index in [1.165, 1.54) is 0 Å². The third kappa shape index (κ3) is 311. The molecular weight excluding hydrogens is 366 g/mol. The van der Waals surface area contributed by atoms with Gasteiger partial charge in [-0.2, -0.15) is 0 Å². The third-order valence-corrected chi connectivity index (χ3v) is 0. The summed E-state index contributed by atoms with van der Waals surface area (Å²) in [5, 5.41) is 0. The van der Waals surface area contributed by atoms with E-state index in [0.717, 1.165) is 0 Å². The molecule has 0 unspecified atom stereocenters. The molecule has 0 aromatic rings. The van der Waals surface area contributed by atoms with E-state index in [-0.39, 0.29) is 200 Å². The Morgan fingerprint density at radius 2 is 0.500 bits per heavy atom. The van der Waals surface area contributed by atoms with Crippen molar-refractivity contribution in [2.24, 2.45) is 0 Å². The van der Waals surface area contributed by atoms with Crippen LogP contribution in [0.25, 0.3) is 0 Å². The van der Waals surface area contributed by atoms with Crippen LogP contribution in [0, 0.1) is 0 Å². The van der Waals surface area contributed by atoms with Gasteiger partial charge in [-0.25, -0.2) is 0 Å². The SMILES string of the molecule is O=[Si]([O-])[O-].O=[Si]([O-])[O-].O=[Si]([O-])[O-].[K+].[K+].[Li+].[Li+].[Na+].[Na+]. The largest absolute Gasteiger partial charge is 1.00 e. The molecular formula is K2Li2Na2O9Si3. The Balaban J connectivity index is -0.00000000827. The van der Waals surface area contributed by atoms with Gasteiger partial charge in [0.05, 0.1) is 0 Å². The van der Waals surface area contributed by atoms with Crippen LogP contribution >= 0.6 is 0 Å². The first kappa shape index (κ1) is 56.7. The molecule has 0 atom stereocenters. The molecule has 18 heteroatoms. The molecule has 0 saturated heterocycles. The molecule has 0 aliphatic rings. The second kappa shape index (κ2) is 49.5. The van der Waals surface area contributed by atoms with Gasteiger partial charge in [-0.15, -0.1) is 0 Å².